The monoisotopic (exact) mass is 441 g/mol. The van der Waals surface area contributed by atoms with Crippen LogP contribution in [0.1, 0.15) is 21.5 Å². The maximum absolute atomic E-state index is 13.3. The molecule has 0 saturated carbocycles. The third-order valence-corrected chi connectivity index (χ3v) is 6.25. The van der Waals surface area contributed by atoms with Crippen molar-refractivity contribution >= 4 is 23.2 Å². The molecule has 3 aromatic rings. The lowest BCUT2D eigenvalue weighted by atomic mass is 10.1. The minimum Gasteiger partial charge on any atom is -0.379 e. The first kappa shape index (κ1) is 21.4. The van der Waals surface area contributed by atoms with E-state index in [1.807, 2.05) is 66.7 Å². The Morgan fingerprint density at radius 1 is 0.879 bits per heavy atom. The summed E-state index contributed by atoms with van der Waals surface area (Å²) in [5.41, 5.74) is 4.30. The highest BCUT2D eigenvalue weighted by Crippen LogP contribution is 2.34. The zero-order chi connectivity index (χ0) is 22.6. The highest BCUT2D eigenvalue weighted by atomic mass is 16.5. The van der Waals surface area contributed by atoms with Crippen LogP contribution < -0.4 is 10.2 Å². The van der Waals surface area contributed by atoms with Gasteiger partial charge >= 0.3 is 0 Å². The van der Waals surface area contributed by atoms with Gasteiger partial charge in [0.25, 0.3) is 5.91 Å². The third-order valence-electron chi connectivity index (χ3n) is 6.25. The summed E-state index contributed by atoms with van der Waals surface area (Å²) in [4.78, 5) is 30.6. The number of nitrogens with one attached hydrogen (secondary N) is 1. The number of rotatable bonds is 5. The highest BCUT2D eigenvalue weighted by Gasteiger charge is 2.38. The largest absolute Gasteiger partial charge is 0.379 e. The number of hydrogen-bond acceptors (Lipinski definition) is 4. The number of hydrogen-bond donors (Lipinski definition) is 1. The molecule has 2 amide bonds. The zero-order valence-corrected chi connectivity index (χ0v) is 18.4. The average molecular weight is 442 g/mol. The number of anilines is 2. The Kier molecular flexibility index (Phi) is 6.19. The van der Waals surface area contributed by atoms with Crippen LogP contribution in [-0.4, -0.2) is 49.1 Å². The average Bonchev–Trinajstić information content (AvgIpc) is 3.26. The molecule has 2 aliphatic heterocycles. The van der Waals surface area contributed by atoms with Crippen LogP contribution in [0.2, 0.25) is 0 Å². The molecule has 0 bridgehead atoms. The van der Waals surface area contributed by atoms with E-state index in [0.29, 0.717) is 12.0 Å². The lowest BCUT2D eigenvalue weighted by molar-refractivity contribution is -0.117. The molecule has 0 radical (unpaired) electrons. The molecule has 33 heavy (non-hydrogen) atoms. The van der Waals surface area contributed by atoms with Crippen molar-refractivity contribution in [3.63, 3.8) is 0 Å². The van der Waals surface area contributed by atoms with Crippen molar-refractivity contribution in [2.75, 3.05) is 36.5 Å². The van der Waals surface area contributed by atoms with Gasteiger partial charge in [-0.15, -0.1) is 0 Å². The van der Waals surface area contributed by atoms with Gasteiger partial charge in [-0.25, -0.2) is 0 Å². The van der Waals surface area contributed by atoms with Crippen LogP contribution in [0.3, 0.4) is 0 Å². The summed E-state index contributed by atoms with van der Waals surface area (Å²) >= 11 is 0. The summed E-state index contributed by atoms with van der Waals surface area (Å²) in [5.74, 6) is -0.349. The van der Waals surface area contributed by atoms with Gasteiger partial charge in [-0.3, -0.25) is 19.4 Å². The van der Waals surface area contributed by atoms with Crippen molar-refractivity contribution in [2.24, 2.45) is 0 Å². The Labute approximate surface area is 193 Å². The van der Waals surface area contributed by atoms with Gasteiger partial charge < -0.3 is 10.1 Å². The van der Waals surface area contributed by atoms with E-state index in [4.69, 9.17) is 4.74 Å². The molecule has 1 atom stereocenters. The Bertz CT molecular complexity index is 1120. The van der Waals surface area contributed by atoms with Gasteiger partial charge in [-0.05, 0) is 41.5 Å². The van der Waals surface area contributed by atoms with Gasteiger partial charge in [-0.2, -0.15) is 0 Å². The second-order valence-corrected chi connectivity index (χ2v) is 8.46. The van der Waals surface area contributed by atoms with Gasteiger partial charge in [0.1, 0.15) is 6.04 Å². The quantitative estimate of drug-likeness (QED) is 0.656. The van der Waals surface area contributed by atoms with Crippen molar-refractivity contribution in [2.45, 2.75) is 19.0 Å². The van der Waals surface area contributed by atoms with E-state index in [9.17, 15) is 9.59 Å². The zero-order valence-electron chi connectivity index (χ0n) is 18.4. The van der Waals surface area contributed by atoms with Gasteiger partial charge in [0.2, 0.25) is 5.91 Å². The number of para-hydroxylation sites is 1. The van der Waals surface area contributed by atoms with Crippen LogP contribution in [-0.2, 0) is 22.5 Å². The Hall–Kier alpha value is -3.48. The highest BCUT2D eigenvalue weighted by molar-refractivity contribution is 6.13. The molecular formula is C27H27N3O3. The number of benzene rings is 3. The predicted octanol–water partition coefficient (Wildman–Crippen LogP) is 3.73. The molecule has 6 heteroatoms. The lowest BCUT2D eigenvalue weighted by Crippen LogP contribution is -2.45. The van der Waals surface area contributed by atoms with E-state index in [1.165, 1.54) is 5.56 Å². The van der Waals surface area contributed by atoms with Crippen molar-refractivity contribution in [3.05, 3.63) is 95.6 Å². The molecule has 3 aromatic carbocycles. The number of nitrogens with zero attached hydrogens (tertiary/aromatic N) is 2. The van der Waals surface area contributed by atoms with Crippen molar-refractivity contribution in [1.29, 1.82) is 0 Å². The first-order valence-electron chi connectivity index (χ1n) is 11.4. The number of ether oxygens (including phenoxy) is 1. The molecule has 0 spiro atoms. The summed E-state index contributed by atoms with van der Waals surface area (Å²) in [5, 5.41) is 3.02. The van der Waals surface area contributed by atoms with E-state index in [0.717, 1.165) is 49.8 Å². The fraction of sp³-hybridized carbons (Fsp3) is 0.259. The Balaban J connectivity index is 1.31. The summed E-state index contributed by atoms with van der Waals surface area (Å²) in [6.07, 6.45) is 0.496. The van der Waals surface area contributed by atoms with Crippen LogP contribution in [0, 0.1) is 0 Å². The van der Waals surface area contributed by atoms with E-state index < -0.39 is 6.04 Å². The van der Waals surface area contributed by atoms with Gasteiger partial charge in [-0.1, -0.05) is 48.5 Å². The van der Waals surface area contributed by atoms with Gasteiger partial charge in [0.05, 0.1) is 13.2 Å². The van der Waals surface area contributed by atoms with Gasteiger partial charge in [0, 0.05) is 43.0 Å². The fourth-order valence-corrected chi connectivity index (χ4v) is 4.50. The number of amides is 2. The molecule has 168 valence electrons. The molecule has 0 aliphatic carbocycles. The van der Waals surface area contributed by atoms with Crippen LogP contribution in [0.5, 0.6) is 0 Å². The van der Waals surface area contributed by atoms with Crippen molar-refractivity contribution < 1.29 is 14.3 Å². The lowest BCUT2D eigenvalue weighted by Gasteiger charge is -2.26. The molecular weight excluding hydrogens is 414 g/mol. The molecule has 2 heterocycles. The van der Waals surface area contributed by atoms with Crippen LogP contribution in [0.25, 0.3) is 0 Å². The number of carbonyl (C=O) groups excluding carboxylic acids is 2. The van der Waals surface area contributed by atoms with Gasteiger partial charge in [0.15, 0.2) is 0 Å². The number of fused-ring (bicyclic) bond motifs is 1. The van der Waals surface area contributed by atoms with Crippen molar-refractivity contribution in [1.82, 2.24) is 4.90 Å². The second kappa shape index (κ2) is 9.57. The summed E-state index contributed by atoms with van der Waals surface area (Å²) in [6.45, 7) is 4.29. The van der Waals surface area contributed by atoms with E-state index in [-0.39, 0.29) is 11.8 Å². The first-order valence-corrected chi connectivity index (χ1v) is 11.4. The van der Waals surface area contributed by atoms with Crippen LogP contribution in [0.15, 0.2) is 78.9 Å². The maximum Gasteiger partial charge on any atom is 0.259 e. The topological polar surface area (TPSA) is 61.9 Å². The minimum atomic E-state index is -0.594. The minimum absolute atomic E-state index is 0.165. The van der Waals surface area contributed by atoms with E-state index in [2.05, 4.69) is 10.2 Å². The predicted molar refractivity (Wildman–Crippen MR) is 128 cm³/mol. The summed E-state index contributed by atoms with van der Waals surface area (Å²) in [7, 11) is 0. The summed E-state index contributed by atoms with van der Waals surface area (Å²) in [6, 6.07) is 24.2. The van der Waals surface area contributed by atoms with E-state index >= 15 is 0 Å². The first-order chi connectivity index (χ1) is 16.2. The number of morpholine rings is 1. The standard InChI is InChI=1S/C27H27N3O3/c31-26(28-23-12-10-20(11-13-23)19-29-14-16-33-17-15-29)25-18-22-8-4-5-9-24(22)30(25)27(32)21-6-2-1-3-7-21/h1-13,25H,14-19H2,(H,28,31)/t25-/m0/s1. The molecule has 1 fully saturated rings. The Morgan fingerprint density at radius 2 is 1.58 bits per heavy atom. The molecule has 5 rings (SSSR count). The summed E-state index contributed by atoms with van der Waals surface area (Å²) < 4.78 is 5.41. The SMILES string of the molecule is O=C(Nc1ccc(CN2CCOCC2)cc1)[C@@H]1Cc2ccccc2N1C(=O)c1ccccc1. The molecule has 1 N–H and O–H groups in total. The Morgan fingerprint density at radius 3 is 2.33 bits per heavy atom. The van der Waals surface area contributed by atoms with Crippen LogP contribution >= 0.6 is 0 Å². The normalized spacial score (nSPS) is 18.1. The van der Waals surface area contributed by atoms with Crippen molar-refractivity contribution in [3.8, 4) is 0 Å². The van der Waals surface area contributed by atoms with Crippen LogP contribution in [0.4, 0.5) is 11.4 Å². The maximum atomic E-state index is 13.3. The van der Waals surface area contributed by atoms with E-state index in [1.54, 1.807) is 17.0 Å². The fourth-order valence-electron chi connectivity index (χ4n) is 4.50. The molecule has 0 unspecified atom stereocenters. The molecule has 1 saturated heterocycles. The smallest absolute Gasteiger partial charge is 0.259 e. The third kappa shape index (κ3) is 4.67. The molecule has 0 aromatic heterocycles. The molecule has 6 nitrogen and oxygen atoms in total. The molecule has 2 aliphatic rings. The number of carbonyl (C=O) groups is 2. The second-order valence-electron chi connectivity index (χ2n) is 8.46.